The van der Waals surface area contributed by atoms with Crippen LogP contribution in [-0.4, -0.2) is 56.2 Å². The van der Waals surface area contributed by atoms with E-state index in [-0.39, 0.29) is 0 Å². The highest BCUT2D eigenvalue weighted by atomic mass is 16.5. The summed E-state index contributed by atoms with van der Waals surface area (Å²) in [6.07, 6.45) is 7.15. The van der Waals surface area contributed by atoms with Crippen LogP contribution in [0.1, 0.15) is 31.4 Å². The van der Waals surface area contributed by atoms with Gasteiger partial charge in [0.25, 0.3) is 0 Å². The molecule has 0 unspecified atom stereocenters. The number of piperidine rings is 1. The number of likely N-dealkylation sites (tertiary alicyclic amines) is 2. The molecule has 1 aromatic rings. The predicted molar refractivity (Wildman–Crippen MR) is 90.2 cm³/mol. The van der Waals surface area contributed by atoms with Crippen molar-refractivity contribution in [1.82, 2.24) is 9.80 Å². The van der Waals surface area contributed by atoms with Gasteiger partial charge in [0.15, 0.2) is 0 Å². The van der Waals surface area contributed by atoms with Crippen molar-refractivity contribution in [1.29, 1.82) is 0 Å². The summed E-state index contributed by atoms with van der Waals surface area (Å²) in [5.41, 5.74) is 0.484. The molecule has 128 valence electrons. The molecule has 4 rings (SSSR count). The second-order valence-electron chi connectivity index (χ2n) is 8.09. The lowest BCUT2D eigenvalue weighted by Crippen LogP contribution is -2.44. The number of furan rings is 1. The van der Waals surface area contributed by atoms with E-state index in [0.29, 0.717) is 5.41 Å². The molecule has 3 heterocycles. The van der Waals surface area contributed by atoms with Crippen LogP contribution in [0.4, 0.5) is 0 Å². The van der Waals surface area contributed by atoms with Crippen LogP contribution in [0.5, 0.6) is 0 Å². The highest BCUT2D eigenvalue weighted by molar-refractivity contribution is 5.01. The Balaban J connectivity index is 1.31. The lowest BCUT2D eigenvalue weighted by molar-refractivity contribution is 0.0155. The zero-order valence-corrected chi connectivity index (χ0v) is 14.4. The van der Waals surface area contributed by atoms with Gasteiger partial charge in [-0.1, -0.05) is 0 Å². The van der Waals surface area contributed by atoms with Gasteiger partial charge in [0.2, 0.25) is 0 Å². The van der Waals surface area contributed by atoms with Crippen LogP contribution >= 0.6 is 0 Å². The molecule has 2 saturated heterocycles. The van der Waals surface area contributed by atoms with Crippen LogP contribution in [0.2, 0.25) is 0 Å². The number of rotatable bonds is 6. The average Bonchev–Trinajstić information content (AvgIpc) is 3.12. The molecule has 0 bridgehead atoms. The second kappa shape index (κ2) is 6.58. The van der Waals surface area contributed by atoms with E-state index in [1.807, 2.05) is 6.07 Å². The van der Waals surface area contributed by atoms with Gasteiger partial charge in [-0.3, -0.25) is 4.90 Å². The molecule has 0 N–H and O–H groups in total. The summed E-state index contributed by atoms with van der Waals surface area (Å²) < 4.78 is 11.6. The van der Waals surface area contributed by atoms with Gasteiger partial charge in [0.05, 0.1) is 19.4 Å². The summed E-state index contributed by atoms with van der Waals surface area (Å²) in [4.78, 5) is 5.07. The molecule has 4 heteroatoms. The van der Waals surface area contributed by atoms with E-state index in [1.165, 1.54) is 51.9 Å². The molecule has 1 saturated carbocycles. The lowest BCUT2D eigenvalue weighted by Gasteiger charge is -2.42. The summed E-state index contributed by atoms with van der Waals surface area (Å²) in [6.45, 7) is 7.77. The van der Waals surface area contributed by atoms with Gasteiger partial charge in [0, 0.05) is 25.6 Å². The van der Waals surface area contributed by atoms with Crippen LogP contribution in [-0.2, 0) is 11.3 Å². The van der Waals surface area contributed by atoms with Crippen LogP contribution in [0.3, 0.4) is 0 Å². The summed E-state index contributed by atoms with van der Waals surface area (Å²) in [5, 5.41) is 0. The predicted octanol–water partition coefficient (Wildman–Crippen LogP) is 2.85. The Labute approximate surface area is 139 Å². The molecular weight excluding hydrogens is 288 g/mol. The van der Waals surface area contributed by atoms with Gasteiger partial charge in [0.1, 0.15) is 5.76 Å². The summed E-state index contributed by atoms with van der Waals surface area (Å²) in [5.74, 6) is 2.69. The number of nitrogens with zero attached hydrogens (tertiary/aromatic N) is 2. The minimum Gasteiger partial charge on any atom is -0.468 e. The highest BCUT2D eigenvalue weighted by Crippen LogP contribution is 2.44. The molecule has 3 aliphatic rings. The molecule has 23 heavy (non-hydrogen) atoms. The van der Waals surface area contributed by atoms with Crippen LogP contribution in [0.25, 0.3) is 0 Å². The molecule has 1 atom stereocenters. The molecule has 1 aromatic heterocycles. The van der Waals surface area contributed by atoms with E-state index in [0.717, 1.165) is 37.4 Å². The van der Waals surface area contributed by atoms with Gasteiger partial charge in [-0.25, -0.2) is 0 Å². The summed E-state index contributed by atoms with van der Waals surface area (Å²) >= 11 is 0. The van der Waals surface area contributed by atoms with E-state index < -0.39 is 0 Å². The van der Waals surface area contributed by atoms with Crippen LogP contribution in [0.15, 0.2) is 22.8 Å². The van der Waals surface area contributed by atoms with Crippen LogP contribution in [0, 0.1) is 17.3 Å². The molecule has 3 fully saturated rings. The normalized spacial score (nSPS) is 28.7. The van der Waals surface area contributed by atoms with E-state index in [2.05, 4.69) is 22.9 Å². The fourth-order valence-electron chi connectivity index (χ4n) is 4.54. The van der Waals surface area contributed by atoms with E-state index in [4.69, 9.17) is 9.15 Å². The first-order valence-electron chi connectivity index (χ1n) is 9.25. The molecule has 2 aliphatic heterocycles. The Morgan fingerprint density at radius 2 is 2.09 bits per heavy atom. The Morgan fingerprint density at radius 3 is 2.78 bits per heavy atom. The molecule has 0 amide bonds. The van der Waals surface area contributed by atoms with Gasteiger partial charge in [-0.2, -0.15) is 0 Å². The van der Waals surface area contributed by atoms with Crippen molar-refractivity contribution in [2.75, 3.05) is 46.4 Å². The zero-order chi connectivity index (χ0) is 15.7. The van der Waals surface area contributed by atoms with Crippen molar-refractivity contribution >= 4 is 0 Å². The first-order chi connectivity index (χ1) is 11.2. The first-order valence-corrected chi connectivity index (χ1v) is 9.25. The number of ether oxygens (including phenoxy) is 1. The van der Waals surface area contributed by atoms with Crippen molar-refractivity contribution in [2.24, 2.45) is 17.3 Å². The first kappa shape index (κ1) is 15.7. The van der Waals surface area contributed by atoms with Gasteiger partial charge >= 0.3 is 0 Å². The van der Waals surface area contributed by atoms with Crippen molar-refractivity contribution < 1.29 is 9.15 Å². The third kappa shape index (κ3) is 3.65. The topological polar surface area (TPSA) is 28.9 Å². The van der Waals surface area contributed by atoms with E-state index in [1.54, 1.807) is 6.26 Å². The zero-order valence-electron chi connectivity index (χ0n) is 14.4. The lowest BCUT2D eigenvalue weighted by atomic mass is 9.71. The molecule has 1 aliphatic carbocycles. The average molecular weight is 318 g/mol. The van der Waals surface area contributed by atoms with Gasteiger partial charge in [-0.05, 0) is 69.3 Å². The van der Waals surface area contributed by atoms with Gasteiger partial charge in [-0.15, -0.1) is 0 Å². The van der Waals surface area contributed by atoms with Gasteiger partial charge < -0.3 is 14.1 Å². The quantitative estimate of drug-likeness (QED) is 0.806. The second-order valence-corrected chi connectivity index (χ2v) is 8.09. The fraction of sp³-hybridized carbons (Fsp3) is 0.789. The van der Waals surface area contributed by atoms with E-state index >= 15 is 0 Å². The maximum absolute atomic E-state index is 6.07. The minimum atomic E-state index is 0.484. The fourth-order valence-corrected chi connectivity index (χ4v) is 4.54. The molecule has 4 nitrogen and oxygen atoms in total. The maximum Gasteiger partial charge on any atom is 0.117 e. The van der Waals surface area contributed by atoms with Crippen molar-refractivity contribution in [3.8, 4) is 0 Å². The third-order valence-electron chi connectivity index (χ3n) is 6.16. The SMILES string of the molecule is CN1C[C@H](COCC2CC2)C2(CCN(Cc3ccco3)CC2)C1. The minimum absolute atomic E-state index is 0.484. The van der Waals surface area contributed by atoms with Crippen molar-refractivity contribution in [2.45, 2.75) is 32.2 Å². The summed E-state index contributed by atoms with van der Waals surface area (Å²) in [7, 11) is 2.28. The molecule has 0 aromatic carbocycles. The highest BCUT2D eigenvalue weighted by Gasteiger charge is 2.47. The summed E-state index contributed by atoms with van der Waals surface area (Å²) in [6, 6.07) is 4.07. The monoisotopic (exact) mass is 318 g/mol. The molecule has 1 spiro atoms. The smallest absolute Gasteiger partial charge is 0.117 e. The number of hydrogen-bond donors (Lipinski definition) is 0. The third-order valence-corrected chi connectivity index (χ3v) is 6.16. The van der Waals surface area contributed by atoms with E-state index in [9.17, 15) is 0 Å². The van der Waals surface area contributed by atoms with Crippen LogP contribution < -0.4 is 0 Å². The maximum atomic E-state index is 6.07. The Bertz CT molecular complexity index is 489. The molecular formula is C19H30N2O2. The Kier molecular flexibility index (Phi) is 4.48. The Hall–Kier alpha value is -0.840. The molecule has 0 radical (unpaired) electrons. The van der Waals surface area contributed by atoms with Crippen molar-refractivity contribution in [3.63, 3.8) is 0 Å². The Morgan fingerprint density at radius 1 is 1.26 bits per heavy atom. The number of hydrogen-bond acceptors (Lipinski definition) is 4. The largest absolute Gasteiger partial charge is 0.468 e. The van der Waals surface area contributed by atoms with Crippen molar-refractivity contribution in [3.05, 3.63) is 24.2 Å². The standard InChI is InChI=1S/C19H30N2O2/c1-20-11-17(14-22-13-16-4-5-16)19(15-20)6-8-21(9-7-19)12-18-3-2-10-23-18/h2-3,10,16-17H,4-9,11-15H2,1H3/t17-/m1/s1.